The van der Waals surface area contributed by atoms with Crippen molar-refractivity contribution in [2.75, 3.05) is 0 Å². The molecule has 0 aliphatic heterocycles. The van der Waals surface area contributed by atoms with Crippen molar-refractivity contribution in [2.24, 2.45) is 0 Å². The Balaban J connectivity index is 2.09. The minimum Gasteiger partial charge on any atom is -0.360 e. The molecule has 0 bridgehead atoms. The van der Waals surface area contributed by atoms with E-state index in [1.165, 1.54) is 6.42 Å². The van der Waals surface area contributed by atoms with Crippen LogP contribution in [0.4, 0.5) is 11.4 Å². The second-order valence-electron chi connectivity index (χ2n) is 5.51. The molecule has 1 amide bonds. The van der Waals surface area contributed by atoms with Gasteiger partial charge in [-0.15, -0.1) is 0 Å². The molecule has 1 aliphatic carbocycles. The van der Waals surface area contributed by atoms with Crippen molar-refractivity contribution in [1.82, 2.24) is 10.6 Å². The minimum absolute atomic E-state index is 0.112. The first-order chi connectivity index (χ1) is 11.4. The second kappa shape index (κ2) is 7.77. The van der Waals surface area contributed by atoms with Gasteiger partial charge in [-0.25, -0.2) is 0 Å². The molecule has 2 rings (SSSR count). The Hall–Kier alpha value is -2.62. The zero-order chi connectivity index (χ0) is 17.7. The SMILES string of the molecule is O=C(NC(=S)NC1CCCCC1)c1cc([N+](=O)[O-])cc([N+](=O)[O-])c1. The van der Waals surface area contributed by atoms with Crippen LogP contribution >= 0.6 is 12.2 Å². The maximum atomic E-state index is 12.2. The molecule has 0 heterocycles. The number of nitro groups is 2. The standard InChI is InChI=1S/C14H16N4O5S/c19-13(16-14(24)15-10-4-2-1-3-5-10)9-6-11(17(20)21)8-12(7-9)18(22)23/h6-8,10H,1-5H2,(H2,15,16,19,24). The van der Waals surface area contributed by atoms with E-state index in [0.29, 0.717) is 0 Å². The van der Waals surface area contributed by atoms with Gasteiger partial charge in [-0.2, -0.15) is 0 Å². The third-order valence-electron chi connectivity index (χ3n) is 3.75. The Bertz CT molecular complexity index is 655. The van der Waals surface area contributed by atoms with Gasteiger partial charge in [-0.3, -0.25) is 30.3 Å². The van der Waals surface area contributed by atoms with Crippen LogP contribution < -0.4 is 10.6 Å². The highest BCUT2D eigenvalue weighted by molar-refractivity contribution is 7.80. The van der Waals surface area contributed by atoms with Gasteiger partial charge in [0.25, 0.3) is 17.3 Å². The first-order valence-electron chi connectivity index (χ1n) is 7.42. The van der Waals surface area contributed by atoms with Crippen LogP contribution in [0.3, 0.4) is 0 Å². The molecule has 0 atom stereocenters. The maximum Gasteiger partial charge on any atom is 0.277 e. The summed E-state index contributed by atoms with van der Waals surface area (Å²) in [6.07, 6.45) is 5.27. The number of benzene rings is 1. The lowest BCUT2D eigenvalue weighted by molar-refractivity contribution is -0.394. The Kier molecular flexibility index (Phi) is 5.74. The molecule has 0 unspecified atom stereocenters. The third kappa shape index (κ3) is 4.69. The molecule has 0 saturated heterocycles. The lowest BCUT2D eigenvalue weighted by Gasteiger charge is -2.24. The quantitative estimate of drug-likeness (QED) is 0.484. The number of amides is 1. The molecular weight excluding hydrogens is 336 g/mol. The van der Waals surface area contributed by atoms with Crippen LogP contribution in [-0.4, -0.2) is 26.9 Å². The normalized spacial score (nSPS) is 14.7. The molecule has 1 aliphatic rings. The van der Waals surface area contributed by atoms with Gasteiger partial charge in [0.1, 0.15) is 0 Å². The Labute approximate surface area is 142 Å². The molecule has 128 valence electrons. The van der Waals surface area contributed by atoms with Crippen LogP contribution in [0.15, 0.2) is 18.2 Å². The molecule has 10 heteroatoms. The summed E-state index contributed by atoms with van der Waals surface area (Å²) in [5, 5.41) is 27.2. The van der Waals surface area contributed by atoms with Crippen molar-refractivity contribution < 1.29 is 14.6 Å². The Morgan fingerprint density at radius 2 is 1.58 bits per heavy atom. The van der Waals surface area contributed by atoms with Gasteiger partial charge >= 0.3 is 0 Å². The smallest absolute Gasteiger partial charge is 0.277 e. The minimum atomic E-state index is -0.789. The number of hydrogen-bond acceptors (Lipinski definition) is 6. The summed E-state index contributed by atoms with van der Waals surface area (Å²) in [5.74, 6) is -0.727. The van der Waals surface area contributed by atoms with E-state index >= 15 is 0 Å². The third-order valence-corrected chi connectivity index (χ3v) is 3.97. The summed E-state index contributed by atoms with van der Waals surface area (Å²) < 4.78 is 0. The number of carbonyl (C=O) groups is 1. The van der Waals surface area contributed by atoms with Crippen molar-refractivity contribution in [1.29, 1.82) is 0 Å². The summed E-state index contributed by atoms with van der Waals surface area (Å²) in [4.78, 5) is 32.3. The van der Waals surface area contributed by atoms with Crippen LogP contribution in [0.25, 0.3) is 0 Å². The average molecular weight is 352 g/mol. The molecule has 0 aromatic heterocycles. The summed E-state index contributed by atoms with van der Waals surface area (Å²) in [6.45, 7) is 0. The Morgan fingerprint density at radius 1 is 1.04 bits per heavy atom. The van der Waals surface area contributed by atoms with Gasteiger partial charge < -0.3 is 5.32 Å². The van der Waals surface area contributed by atoms with Crippen LogP contribution in [-0.2, 0) is 0 Å². The van der Waals surface area contributed by atoms with Crippen LogP contribution in [0.5, 0.6) is 0 Å². The molecule has 1 fully saturated rings. The zero-order valence-electron chi connectivity index (χ0n) is 12.7. The summed E-state index contributed by atoms with van der Waals surface area (Å²) >= 11 is 5.07. The van der Waals surface area contributed by atoms with E-state index in [1.807, 2.05) is 0 Å². The molecule has 1 aromatic carbocycles. The number of hydrogen-bond donors (Lipinski definition) is 2. The number of thiocarbonyl (C=S) groups is 1. The molecule has 1 saturated carbocycles. The van der Waals surface area contributed by atoms with Crippen LogP contribution in [0.2, 0.25) is 0 Å². The second-order valence-corrected chi connectivity index (χ2v) is 5.92. The highest BCUT2D eigenvalue weighted by Gasteiger charge is 2.21. The lowest BCUT2D eigenvalue weighted by Crippen LogP contribution is -2.45. The predicted octanol–water partition coefficient (Wildman–Crippen LogP) is 2.44. The fraction of sp³-hybridized carbons (Fsp3) is 0.429. The van der Waals surface area contributed by atoms with Gasteiger partial charge in [-0.05, 0) is 25.1 Å². The van der Waals surface area contributed by atoms with E-state index in [9.17, 15) is 25.0 Å². The highest BCUT2D eigenvalue weighted by Crippen LogP contribution is 2.22. The number of rotatable bonds is 4. The first-order valence-corrected chi connectivity index (χ1v) is 7.83. The summed E-state index contributed by atoms with van der Waals surface area (Å²) in [6, 6.07) is 2.94. The van der Waals surface area contributed by atoms with Crippen molar-refractivity contribution in [3.05, 3.63) is 44.0 Å². The van der Waals surface area contributed by atoms with Gasteiger partial charge in [0.05, 0.1) is 21.5 Å². The van der Waals surface area contributed by atoms with E-state index in [2.05, 4.69) is 10.6 Å². The number of carbonyl (C=O) groups excluding carboxylic acids is 1. The van der Waals surface area contributed by atoms with Crippen LogP contribution in [0, 0.1) is 20.2 Å². The fourth-order valence-corrected chi connectivity index (χ4v) is 2.84. The summed E-state index contributed by atoms with van der Waals surface area (Å²) in [7, 11) is 0. The molecule has 9 nitrogen and oxygen atoms in total. The van der Waals surface area contributed by atoms with Gasteiger partial charge in [0.2, 0.25) is 0 Å². The van der Waals surface area contributed by atoms with Gasteiger partial charge in [0, 0.05) is 18.2 Å². The molecule has 2 N–H and O–H groups in total. The first kappa shape index (κ1) is 17.7. The topological polar surface area (TPSA) is 127 Å². The Morgan fingerprint density at radius 3 is 2.08 bits per heavy atom. The zero-order valence-corrected chi connectivity index (χ0v) is 13.5. The van der Waals surface area contributed by atoms with E-state index in [4.69, 9.17) is 12.2 Å². The molecule has 0 spiro atoms. The van der Waals surface area contributed by atoms with Crippen molar-refractivity contribution in [2.45, 2.75) is 38.1 Å². The maximum absolute atomic E-state index is 12.2. The molecular formula is C14H16N4O5S. The average Bonchev–Trinajstić information content (AvgIpc) is 2.55. The lowest BCUT2D eigenvalue weighted by atomic mass is 9.96. The highest BCUT2D eigenvalue weighted by atomic mass is 32.1. The van der Waals surface area contributed by atoms with E-state index in [0.717, 1.165) is 43.9 Å². The molecule has 1 aromatic rings. The molecule has 24 heavy (non-hydrogen) atoms. The van der Waals surface area contributed by atoms with Crippen LogP contribution in [0.1, 0.15) is 42.5 Å². The van der Waals surface area contributed by atoms with Gasteiger partial charge in [-0.1, -0.05) is 19.3 Å². The van der Waals surface area contributed by atoms with Crippen molar-refractivity contribution in [3.63, 3.8) is 0 Å². The number of nitro benzene ring substituents is 2. The largest absolute Gasteiger partial charge is 0.360 e. The van der Waals surface area contributed by atoms with Crippen molar-refractivity contribution >= 4 is 34.6 Å². The van der Waals surface area contributed by atoms with Gasteiger partial charge in [0.15, 0.2) is 5.11 Å². The number of nitrogens with zero attached hydrogens (tertiary/aromatic N) is 2. The monoisotopic (exact) mass is 352 g/mol. The molecule has 0 radical (unpaired) electrons. The predicted molar refractivity (Wildman–Crippen MR) is 89.8 cm³/mol. The number of non-ortho nitro benzene ring substituents is 2. The van der Waals surface area contributed by atoms with E-state index in [-0.39, 0.29) is 16.7 Å². The number of nitrogens with one attached hydrogen (secondary N) is 2. The fourth-order valence-electron chi connectivity index (χ4n) is 2.58. The summed E-state index contributed by atoms with van der Waals surface area (Å²) in [5.41, 5.74) is -1.25. The van der Waals surface area contributed by atoms with E-state index in [1.54, 1.807) is 0 Å². The van der Waals surface area contributed by atoms with E-state index < -0.39 is 27.1 Å². The van der Waals surface area contributed by atoms with Crippen molar-refractivity contribution in [3.8, 4) is 0 Å².